The molecule has 5 N–H and O–H groups in total. The highest BCUT2D eigenvalue weighted by molar-refractivity contribution is 5.94. The number of carbonyl (C=O) groups excluding carboxylic acids is 2. The lowest BCUT2D eigenvalue weighted by molar-refractivity contribution is -0.137. The van der Waals surface area contributed by atoms with Crippen LogP contribution in [0.25, 0.3) is 0 Å². The Morgan fingerprint density at radius 3 is 2.46 bits per heavy atom. The summed E-state index contributed by atoms with van der Waals surface area (Å²) in [5.74, 6) is -0.932. The number of nitrogens with two attached hydrogens (primary N) is 2. The first-order chi connectivity index (χ1) is 12.2. The van der Waals surface area contributed by atoms with E-state index in [-0.39, 0.29) is 36.4 Å². The Balaban J connectivity index is 1.98. The summed E-state index contributed by atoms with van der Waals surface area (Å²) in [5.41, 5.74) is 10.5. The molecule has 0 aliphatic carbocycles. The Kier molecular flexibility index (Phi) is 5.81. The van der Waals surface area contributed by atoms with Gasteiger partial charge in [0.25, 0.3) is 0 Å². The van der Waals surface area contributed by atoms with E-state index in [1.165, 1.54) is 12.3 Å². The Hall–Kier alpha value is -3.10. The molecule has 1 aromatic heterocycles. The maximum atomic E-state index is 12.7. The maximum absolute atomic E-state index is 12.7. The van der Waals surface area contributed by atoms with Gasteiger partial charge < -0.3 is 16.8 Å². The molecule has 0 bridgehead atoms. The van der Waals surface area contributed by atoms with Gasteiger partial charge in [-0.05, 0) is 35.7 Å². The average Bonchev–Trinajstić information content (AvgIpc) is 2.58. The van der Waals surface area contributed by atoms with Gasteiger partial charge in [-0.25, -0.2) is 4.98 Å². The van der Waals surface area contributed by atoms with Crippen molar-refractivity contribution in [3.63, 3.8) is 0 Å². The molecule has 0 spiro atoms. The molecule has 0 fully saturated rings. The molecule has 1 aromatic carbocycles. The van der Waals surface area contributed by atoms with Gasteiger partial charge >= 0.3 is 6.18 Å². The molecule has 26 heavy (non-hydrogen) atoms. The number of carbonyl (C=O) groups is 2. The molecule has 9 heteroatoms. The molecular weight excluding hydrogens is 349 g/mol. The second-order valence-electron chi connectivity index (χ2n) is 5.60. The van der Waals surface area contributed by atoms with Crippen molar-refractivity contribution in [1.82, 2.24) is 10.3 Å². The number of primary amides is 1. The van der Waals surface area contributed by atoms with Gasteiger partial charge in [0.15, 0.2) is 0 Å². The van der Waals surface area contributed by atoms with E-state index in [0.29, 0.717) is 11.9 Å². The first-order valence-corrected chi connectivity index (χ1v) is 7.64. The van der Waals surface area contributed by atoms with Gasteiger partial charge in [-0.3, -0.25) is 9.59 Å². The number of nitrogens with zero attached hydrogens (tertiary/aromatic N) is 1. The number of hydrogen-bond donors (Lipinski definition) is 3. The fourth-order valence-corrected chi connectivity index (χ4v) is 2.28. The maximum Gasteiger partial charge on any atom is 0.416 e. The fourth-order valence-electron chi connectivity index (χ4n) is 2.28. The van der Waals surface area contributed by atoms with Crippen LogP contribution in [0.3, 0.4) is 0 Å². The first kappa shape index (κ1) is 19.2. The van der Waals surface area contributed by atoms with Crippen LogP contribution in [0.1, 0.15) is 33.5 Å². The summed E-state index contributed by atoms with van der Waals surface area (Å²) in [5, 5.41) is 2.66. The van der Waals surface area contributed by atoms with Crippen LogP contribution in [0.2, 0.25) is 0 Å². The Morgan fingerprint density at radius 1 is 1.15 bits per heavy atom. The minimum atomic E-state index is -4.58. The molecule has 0 aliphatic heterocycles. The van der Waals surface area contributed by atoms with Crippen molar-refractivity contribution in [2.24, 2.45) is 5.73 Å². The van der Waals surface area contributed by atoms with Crippen LogP contribution >= 0.6 is 0 Å². The van der Waals surface area contributed by atoms with E-state index in [9.17, 15) is 22.8 Å². The minimum Gasteiger partial charge on any atom is -0.384 e. The molecule has 2 rings (SSSR count). The van der Waals surface area contributed by atoms with Crippen LogP contribution in [0, 0.1) is 0 Å². The molecule has 2 aromatic rings. The first-order valence-electron chi connectivity index (χ1n) is 7.64. The molecule has 138 valence electrons. The zero-order valence-corrected chi connectivity index (χ0v) is 13.6. The van der Waals surface area contributed by atoms with Gasteiger partial charge in [0.2, 0.25) is 11.8 Å². The number of anilines is 1. The third-order valence-electron chi connectivity index (χ3n) is 3.66. The van der Waals surface area contributed by atoms with E-state index in [1.807, 2.05) is 0 Å². The summed E-state index contributed by atoms with van der Waals surface area (Å²) < 4.78 is 38.2. The highest BCUT2D eigenvalue weighted by Gasteiger charge is 2.31. The average molecular weight is 366 g/mol. The van der Waals surface area contributed by atoms with Crippen molar-refractivity contribution >= 4 is 17.6 Å². The van der Waals surface area contributed by atoms with Crippen molar-refractivity contribution in [3.05, 3.63) is 58.8 Å². The van der Waals surface area contributed by atoms with Crippen molar-refractivity contribution in [2.75, 3.05) is 5.73 Å². The largest absolute Gasteiger partial charge is 0.416 e. The van der Waals surface area contributed by atoms with Crippen LogP contribution < -0.4 is 16.8 Å². The quantitative estimate of drug-likeness (QED) is 0.726. The number of halogens is 3. The topological polar surface area (TPSA) is 111 Å². The molecule has 6 nitrogen and oxygen atoms in total. The normalized spacial score (nSPS) is 11.2. The third-order valence-corrected chi connectivity index (χ3v) is 3.66. The predicted octanol–water partition coefficient (Wildman–Crippen LogP) is 2.03. The highest BCUT2D eigenvalue weighted by atomic mass is 19.4. The molecular formula is C17H17F3N4O2. The number of hydrogen-bond acceptors (Lipinski definition) is 4. The molecule has 0 radical (unpaired) electrons. The van der Waals surface area contributed by atoms with E-state index >= 15 is 0 Å². The summed E-state index contributed by atoms with van der Waals surface area (Å²) in [7, 11) is 0. The standard InChI is InChI=1S/C17H17F3N4O2/c18-17(19,20)12-4-2-11(13(7-12)16(22)26)3-6-15(25)24-9-10-1-5-14(21)23-8-10/h1-2,4-5,7-8H,3,6,9H2,(H2,21,23)(H2,22,26)(H,24,25). The number of nitrogen functional groups attached to an aromatic ring is 1. The van der Waals surface area contributed by atoms with E-state index in [0.717, 1.165) is 11.6 Å². The number of aryl methyl sites for hydroxylation is 1. The van der Waals surface area contributed by atoms with Gasteiger partial charge in [-0.1, -0.05) is 12.1 Å². The number of alkyl halides is 3. The van der Waals surface area contributed by atoms with Gasteiger partial charge in [0.05, 0.1) is 5.56 Å². The van der Waals surface area contributed by atoms with Crippen molar-refractivity contribution in [1.29, 1.82) is 0 Å². The Bertz CT molecular complexity index is 805. The summed E-state index contributed by atoms with van der Waals surface area (Å²) in [6, 6.07) is 6.04. The van der Waals surface area contributed by atoms with E-state index in [2.05, 4.69) is 10.3 Å². The lowest BCUT2D eigenvalue weighted by Gasteiger charge is -2.12. The van der Waals surface area contributed by atoms with Gasteiger partial charge in [-0.15, -0.1) is 0 Å². The van der Waals surface area contributed by atoms with Crippen molar-refractivity contribution in [3.8, 4) is 0 Å². The van der Waals surface area contributed by atoms with E-state index in [4.69, 9.17) is 11.5 Å². The zero-order chi connectivity index (χ0) is 19.3. The number of benzene rings is 1. The molecule has 0 saturated carbocycles. The lowest BCUT2D eigenvalue weighted by atomic mass is 9.99. The summed E-state index contributed by atoms with van der Waals surface area (Å²) >= 11 is 0. The summed E-state index contributed by atoms with van der Waals surface area (Å²) in [6.07, 6.45) is -2.97. The van der Waals surface area contributed by atoms with Gasteiger partial charge in [0, 0.05) is 24.7 Å². The minimum absolute atomic E-state index is 0.00591. The van der Waals surface area contributed by atoms with Crippen LogP contribution in [0.15, 0.2) is 36.5 Å². The van der Waals surface area contributed by atoms with Crippen LogP contribution in [0.4, 0.5) is 19.0 Å². The zero-order valence-electron chi connectivity index (χ0n) is 13.6. The SMILES string of the molecule is NC(=O)c1cc(C(F)(F)F)ccc1CCC(=O)NCc1ccc(N)nc1. The number of nitrogens with one attached hydrogen (secondary N) is 1. The van der Waals surface area contributed by atoms with Crippen molar-refractivity contribution in [2.45, 2.75) is 25.6 Å². The number of rotatable bonds is 6. The van der Waals surface area contributed by atoms with Gasteiger partial charge in [0.1, 0.15) is 5.82 Å². The summed E-state index contributed by atoms with van der Waals surface area (Å²) in [6.45, 7) is 0.238. The second kappa shape index (κ2) is 7.85. The number of pyridine rings is 1. The van der Waals surface area contributed by atoms with E-state index in [1.54, 1.807) is 12.1 Å². The van der Waals surface area contributed by atoms with Crippen molar-refractivity contribution < 1.29 is 22.8 Å². The van der Waals surface area contributed by atoms with Gasteiger partial charge in [-0.2, -0.15) is 13.2 Å². The summed E-state index contributed by atoms with van der Waals surface area (Å²) in [4.78, 5) is 27.2. The molecule has 0 aliphatic rings. The fraction of sp³-hybridized carbons (Fsp3) is 0.235. The highest BCUT2D eigenvalue weighted by Crippen LogP contribution is 2.30. The predicted molar refractivity (Wildman–Crippen MR) is 88.8 cm³/mol. The smallest absolute Gasteiger partial charge is 0.384 e. The molecule has 1 heterocycles. The molecule has 0 unspecified atom stereocenters. The monoisotopic (exact) mass is 366 g/mol. The lowest BCUT2D eigenvalue weighted by Crippen LogP contribution is -2.24. The van der Waals surface area contributed by atoms with Crippen LogP contribution in [0.5, 0.6) is 0 Å². The third kappa shape index (κ3) is 5.20. The van der Waals surface area contributed by atoms with E-state index < -0.39 is 17.6 Å². The molecule has 0 atom stereocenters. The van der Waals surface area contributed by atoms with Crippen LogP contribution in [-0.2, 0) is 23.9 Å². The number of amides is 2. The Morgan fingerprint density at radius 2 is 1.88 bits per heavy atom. The van der Waals surface area contributed by atoms with Crippen LogP contribution in [-0.4, -0.2) is 16.8 Å². The Labute approximate surface area is 147 Å². The second-order valence-corrected chi connectivity index (χ2v) is 5.60. The molecule has 0 saturated heterocycles. The molecule has 2 amide bonds. The number of aromatic nitrogens is 1.